The number of halogens is 1. The molecule has 1 aliphatic carbocycles. The number of aryl methyl sites for hydroxylation is 1. The van der Waals surface area contributed by atoms with Crippen molar-refractivity contribution in [2.45, 2.75) is 18.9 Å². The van der Waals surface area contributed by atoms with Gasteiger partial charge in [0.1, 0.15) is 17.3 Å². The highest BCUT2D eigenvalue weighted by Crippen LogP contribution is 2.41. The molecule has 0 radical (unpaired) electrons. The van der Waals surface area contributed by atoms with Crippen LogP contribution in [0.1, 0.15) is 45.3 Å². The van der Waals surface area contributed by atoms with Crippen molar-refractivity contribution in [3.63, 3.8) is 0 Å². The molecule has 3 aromatic carbocycles. The predicted octanol–water partition coefficient (Wildman–Crippen LogP) is 5.42. The fourth-order valence-corrected chi connectivity index (χ4v) is 6.44. The maximum absolute atomic E-state index is 13.9. The van der Waals surface area contributed by atoms with Gasteiger partial charge in [0, 0.05) is 17.2 Å². The van der Waals surface area contributed by atoms with Gasteiger partial charge in [-0.1, -0.05) is 59.9 Å². The molecular weight excluding hydrogens is 527 g/mol. The van der Waals surface area contributed by atoms with Crippen molar-refractivity contribution in [3.8, 4) is 11.3 Å². The van der Waals surface area contributed by atoms with Crippen LogP contribution in [0, 0.1) is 5.82 Å². The summed E-state index contributed by atoms with van der Waals surface area (Å²) in [5, 5.41) is 9.14. The molecule has 1 atom stereocenters. The number of aromatic carboxylic acids is 1. The van der Waals surface area contributed by atoms with Crippen LogP contribution in [-0.2, 0) is 6.42 Å². The number of rotatable bonds is 4. The Morgan fingerprint density at radius 2 is 1.77 bits per heavy atom. The number of carboxylic acid groups (broad SMARTS) is 1. The van der Waals surface area contributed by atoms with Gasteiger partial charge in [0.05, 0.1) is 21.8 Å². The lowest BCUT2D eigenvalue weighted by atomic mass is 9.83. The first-order chi connectivity index (χ1) is 19.5. The fourth-order valence-electron chi connectivity index (χ4n) is 5.46. The fraction of sp³-hybridized carbons (Fsp3) is 0.0938. The van der Waals surface area contributed by atoms with Crippen LogP contribution >= 0.6 is 11.3 Å². The lowest BCUT2D eigenvalue weighted by molar-refractivity contribution is 0.0697. The zero-order valence-electron chi connectivity index (χ0n) is 21.0. The Bertz CT molecular complexity index is 2010. The smallest absolute Gasteiger partial charge is 0.335 e. The normalized spacial score (nSPS) is 16.2. The summed E-state index contributed by atoms with van der Waals surface area (Å²) in [6, 6.07) is 24.1. The lowest BCUT2D eigenvalue weighted by Crippen LogP contribution is -2.38. The van der Waals surface area contributed by atoms with E-state index in [1.54, 1.807) is 47.0 Å². The SMILES string of the molecule is O=C(O)c1ccc(-c2ccc(/C=c3/sc4n(c3=O)[C@H](c3ccc(F)cc3)C3=C(N=4)c4ccccc4CC3)o2)cc1. The molecule has 3 heterocycles. The molecule has 1 aliphatic heterocycles. The number of furan rings is 1. The van der Waals surface area contributed by atoms with Crippen LogP contribution in [0.4, 0.5) is 4.39 Å². The number of hydrogen-bond donors (Lipinski definition) is 1. The van der Waals surface area contributed by atoms with Crippen molar-refractivity contribution in [2.24, 2.45) is 4.99 Å². The second-order valence-electron chi connectivity index (χ2n) is 9.75. The summed E-state index contributed by atoms with van der Waals surface area (Å²) in [6.07, 6.45) is 3.30. The molecule has 0 fully saturated rings. The van der Waals surface area contributed by atoms with E-state index in [4.69, 9.17) is 14.5 Å². The molecule has 0 unspecified atom stereocenters. The van der Waals surface area contributed by atoms with Crippen molar-refractivity contribution in [3.05, 3.63) is 144 Å². The summed E-state index contributed by atoms with van der Waals surface area (Å²) in [5.74, 6) is -0.265. The standard InChI is InChI=1S/C32H21FN2O4S/c33-22-12-9-20(10-13-22)29-25-15-11-18-3-1-2-4-24(18)28(25)34-32-35(29)30(36)27(40-32)17-23-14-16-26(39-23)19-5-7-21(8-6-19)31(37)38/h1-10,12-14,16-17,29H,11,15H2,(H,37,38)/b27-17+/t29-/m1/s1. The molecule has 0 saturated heterocycles. The van der Waals surface area contributed by atoms with Gasteiger partial charge in [-0.25, -0.2) is 14.2 Å². The largest absolute Gasteiger partial charge is 0.478 e. The number of carboxylic acids is 1. The number of carbonyl (C=O) groups is 1. The number of thiazole rings is 1. The van der Waals surface area contributed by atoms with Gasteiger partial charge in [-0.3, -0.25) is 9.36 Å². The highest BCUT2D eigenvalue weighted by Gasteiger charge is 2.32. The third kappa shape index (κ3) is 4.04. The van der Waals surface area contributed by atoms with Crippen LogP contribution < -0.4 is 14.9 Å². The molecule has 2 aromatic heterocycles. The molecule has 0 bridgehead atoms. The molecule has 2 aliphatic rings. The van der Waals surface area contributed by atoms with E-state index in [9.17, 15) is 14.0 Å². The van der Waals surface area contributed by atoms with E-state index in [2.05, 4.69) is 12.1 Å². The Kier molecular flexibility index (Phi) is 5.71. The van der Waals surface area contributed by atoms with Crippen LogP contribution in [-0.4, -0.2) is 15.6 Å². The predicted molar refractivity (Wildman–Crippen MR) is 150 cm³/mol. The highest BCUT2D eigenvalue weighted by molar-refractivity contribution is 7.07. The number of fused-ring (bicyclic) bond motifs is 3. The minimum absolute atomic E-state index is 0.188. The molecule has 0 amide bonds. The Morgan fingerprint density at radius 3 is 2.55 bits per heavy atom. The van der Waals surface area contributed by atoms with E-state index in [1.807, 2.05) is 12.1 Å². The van der Waals surface area contributed by atoms with Gasteiger partial charge in [-0.2, -0.15) is 0 Å². The van der Waals surface area contributed by atoms with E-state index >= 15 is 0 Å². The zero-order valence-corrected chi connectivity index (χ0v) is 21.8. The van der Waals surface area contributed by atoms with Gasteiger partial charge in [-0.15, -0.1) is 0 Å². The lowest BCUT2D eigenvalue weighted by Gasteiger charge is -2.30. The summed E-state index contributed by atoms with van der Waals surface area (Å²) in [6.45, 7) is 0. The van der Waals surface area contributed by atoms with Gasteiger partial charge in [0.25, 0.3) is 5.56 Å². The number of hydrogen-bond acceptors (Lipinski definition) is 5. The van der Waals surface area contributed by atoms with Crippen LogP contribution in [0.15, 0.2) is 105 Å². The van der Waals surface area contributed by atoms with Crippen LogP contribution in [0.5, 0.6) is 0 Å². The summed E-state index contributed by atoms with van der Waals surface area (Å²) in [4.78, 5) is 30.6. The van der Waals surface area contributed by atoms with Crippen molar-refractivity contribution in [1.29, 1.82) is 0 Å². The number of nitrogens with zero attached hydrogens (tertiary/aromatic N) is 2. The first-order valence-electron chi connectivity index (χ1n) is 12.8. The quantitative estimate of drug-likeness (QED) is 0.325. The Morgan fingerprint density at radius 1 is 1.00 bits per heavy atom. The average molecular weight is 549 g/mol. The van der Waals surface area contributed by atoms with Crippen LogP contribution in [0.3, 0.4) is 0 Å². The molecule has 0 saturated carbocycles. The van der Waals surface area contributed by atoms with Crippen molar-refractivity contribution in [2.75, 3.05) is 0 Å². The third-order valence-corrected chi connectivity index (χ3v) is 8.36. The van der Waals surface area contributed by atoms with Crippen molar-refractivity contribution in [1.82, 2.24) is 4.57 Å². The Hall–Kier alpha value is -4.82. The minimum Gasteiger partial charge on any atom is -0.478 e. The van der Waals surface area contributed by atoms with E-state index in [1.165, 1.54) is 41.2 Å². The number of benzene rings is 3. The first-order valence-corrected chi connectivity index (χ1v) is 13.6. The summed E-state index contributed by atoms with van der Waals surface area (Å²) >= 11 is 1.29. The maximum Gasteiger partial charge on any atom is 0.335 e. The van der Waals surface area contributed by atoms with Crippen LogP contribution in [0.25, 0.3) is 23.1 Å². The topological polar surface area (TPSA) is 84.8 Å². The molecule has 8 heteroatoms. The maximum atomic E-state index is 13.9. The molecule has 6 nitrogen and oxygen atoms in total. The highest BCUT2D eigenvalue weighted by atomic mass is 32.1. The van der Waals surface area contributed by atoms with E-state index in [-0.39, 0.29) is 23.0 Å². The zero-order chi connectivity index (χ0) is 27.4. The summed E-state index contributed by atoms with van der Waals surface area (Å²) in [5.41, 5.74) is 5.79. The second-order valence-corrected chi connectivity index (χ2v) is 10.8. The molecule has 196 valence electrons. The van der Waals surface area contributed by atoms with E-state index < -0.39 is 5.97 Å². The molecule has 1 N–H and O–H groups in total. The van der Waals surface area contributed by atoms with Gasteiger partial charge >= 0.3 is 5.97 Å². The van der Waals surface area contributed by atoms with Gasteiger partial charge in [0.15, 0.2) is 4.80 Å². The molecular formula is C32H21FN2O4S. The van der Waals surface area contributed by atoms with E-state index in [0.717, 1.165) is 40.8 Å². The molecule has 40 heavy (non-hydrogen) atoms. The first kappa shape index (κ1) is 24.2. The Labute approximate surface area is 231 Å². The van der Waals surface area contributed by atoms with Crippen molar-refractivity contribution >= 4 is 29.1 Å². The van der Waals surface area contributed by atoms with Gasteiger partial charge in [-0.05, 0) is 65.9 Å². The van der Waals surface area contributed by atoms with Gasteiger partial charge < -0.3 is 9.52 Å². The second kappa shape index (κ2) is 9.43. The number of aromatic nitrogens is 1. The Balaban J connectivity index is 1.36. The average Bonchev–Trinajstić information content (AvgIpc) is 3.57. The summed E-state index contributed by atoms with van der Waals surface area (Å²) < 4.78 is 22.0. The van der Waals surface area contributed by atoms with Crippen LogP contribution in [0.2, 0.25) is 0 Å². The monoisotopic (exact) mass is 548 g/mol. The van der Waals surface area contributed by atoms with Gasteiger partial charge in [0.2, 0.25) is 0 Å². The number of allylic oxidation sites excluding steroid dienone is 1. The third-order valence-electron chi connectivity index (χ3n) is 7.38. The van der Waals surface area contributed by atoms with E-state index in [0.29, 0.717) is 20.9 Å². The van der Waals surface area contributed by atoms with Crippen molar-refractivity contribution < 1.29 is 18.7 Å². The molecule has 7 rings (SSSR count). The molecule has 0 spiro atoms. The molecule has 5 aromatic rings. The summed E-state index contributed by atoms with van der Waals surface area (Å²) in [7, 11) is 0. The minimum atomic E-state index is -0.994.